The van der Waals surface area contributed by atoms with Gasteiger partial charge in [-0.25, -0.2) is 0 Å². The molecule has 0 aromatic rings. The van der Waals surface area contributed by atoms with E-state index in [0.717, 1.165) is 0 Å². The zero-order chi connectivity index (χ0) is 9.98. The minimum Gasteiger partial charge on any atom is -0.394 e. The summed E-state index contributed by atoms with van der Waals surface area (Å²) in [4.78, 5) is 0. The molecule has 0 saturated heterocycles. The zero-order valence-electron chi connectivity index (χ0n) is 6.60. The second kappa shape index (κ2) is 11.1. The summed E-state index contributed by atoms with van der Waals surface area (Å²) in [5.74, 6) is 0.303. The Morgan fingerprint density at radius 1 is 1.00 bits per heavy atom. The van der Waals surface area contributed by atoms with E-state index in [1.807, 2.05) is 0 Å². The van der Waals surface area contributed by atoms with Gasteiger partial charge in [0.2, 0.25) is 0 Å². The van der Waals surface area contributed by atoms with Gasteiger partial charge < -0.3 is 25.5 Å². The van der Waals surface area contributed by atoms with Gasteiger partial charge in [-0.05, 0) is 0 Å². The van der Waals surface area contributed by atoms with Crippen molar-refractivity contribution in [3.05, 3.63) is 0 Å². The molecule has 0 aromatic heterocycles. The molecule has 5 N–H and O–H groups in total. The van der Waals surface area contributed by atoms with Gasteiger partial charge in [0.15, 0.2) is 6.29 Å². The largest absolute Gasteiger partial charge is 0.394 e. The van der Waals surface area contributed by atoms with Crippen molar-refractivity contribution in [2.45, 2.75) is 18.8 Å². The zero-order valence-corrected chi connectivity index (χ0v) is 7.35. The Labute approximate surface area is 75.8 Å². The van der Waals surface area contributed by atoms with E-state index >= 15 is 0 Å². The van der Waals surface area contributed by atoms with Gasteiger partial charge in [-0.15, -0.1) is 11.6 Å². The first-order valence-electron chi connectivity index (χ1n) is 3.40. The van der Waals surface area contributed by atoms with Crippen molar-refractivity contribution < 1.29 is 25.5 Å². The van der Waals surface area contributed by atoms with Crippen LogP contribution in [-0.4, -0.2) is 57.0 Å². The molecule has 0 aliphatic carbocycles. The topological polar surface area (TPSA) is 101 Å². The van der Waals surface area contributed by atoms with Crippen LogP contribution in [0.1, 0.15) is 6.42 Å². The number of rotatable bonds is 4. The van der Waals surface area contributed by atoms with E-state index in [9.17, 15) is 0 Å². The van der Waals surface area contributed by atoms with Crippen LogP contribution >= 0.6 is 11.6 Å². The van der Waals surface area contributed by atoms with Crippen LogP contribution in [0.15, 0.2) is 0 Å². The fourth-order valence-corrected chi connectivity index (χ4v) is 0.351. The molecule has 0 amide bonds. The Morgan fingerprint density at radius 2 is 1.42 bits per heavy atom. The van der Waals surface area contributed by atoms with Gasteiger partial charge in [0.1, 0.15) is 6.10 Å². The Kier molecular flexibility index (Phi) is 13.5. The summed E-state index contributed by atoms with van der Waals surface area (Å²) >= 11 is 5.08. The van der Waals surface area contributed by atoms with Crippen molar-refractivity contribution >= 4 is 11.6 Å². The Bertz CT molecular complexity index is 76.3. The van der Waals surface area contributed by atoms with Crippen LogP contribution in [0.2, 0.25) is 0 Å². The summed E-state index contributed by atoms with van der Waals surface area (Å²) in [6.07, 6.45) is -1.94. The van der Waals surface area contributed by atoms with Crippen LogP contribution in [0.4, 0.5) is 0 Å². The highest BCUT2D eigenvalue weighted by molar-refractivity contribution is 6.17. The van der Waals surface area contributed by atoms with Crippen molar-refractivity contribution in [2.75, 3.05) is 19.1 Å². The monoisotopic (exact) mass is 202 g/mol. The number of aliphatic hydroxyl groups is 5. The highest BCUT2D eigenvalue weighted by Crippen LogP contribution is 1.86. The third-order valence-electron chi connectivity index (χ3n) is 0.789. The van der Waals surface area contributed by atoms with Gasteiger partial charge in [0.05, 0.1) is 13.2 Å². The van der Waals surface area contributed by atoms with Crippen LogP contribution in [0.5, 0.6) is 0 Å². The van der Waals surface area contributed by atoms with Gasteiger partial charge in [0.25, 0.3) is 0 Å². The SMILES string of the molecule is OC(O)CCCl.OCC(O)CO. The van der Waals surface area contributed by atoms with Crippen LogP contribution in [0, 0.1) is 0 Å². The van der Waals surface area contributed by atoms with Gasteiger partial charge >= 0.3 is 0 Å². The molecule has 0 unspecified atom stereocenters. The maximum absolute atomic E-state index is 8.17. The summed E-state index contributed by atoms with van der Waals surface area (Å²) in [5.41, 5.74) is 0. The standard InChI is InChI=1S/C3H7ClO2.C3H8O3/c4-2-1-3(5)6;4-1-3(6)2-5/h3,5-6H,1-2H2;3-6H,1-2H2. The van der Waals surface area contributed by atoms with E-state index in [4.69, 9.17) is 37.1 Å². The third kappa shape index (κ3) is 16.6. The van der Waals surface area contributed by atoms with Crippen molar-refractivity contribution in [2.24, 2.45) is 0 Å². The molecule has 0 rings (SSSR count). The van der Waals surface area contributed by atoms with E-state index in [2.05, 4.69) is 0 Å². The minimum atomic E-state index is -1.23. The quantitative estimate of drug-likeness (QED) is 0.275. The molecule has 0 bridgehead atoms. The first kappa shape index (κ1) is 14.6. The molecule has 76 valence electrons. The average Bonchev–Trinajstić information content (AvgIpc) is 2.04. The molecule has 0 aliphatic rings. The van der Waals surface area contributed by atoms with Gasteiger partial charge in [-0.1, -0.05) is 0 Å². The lowest BCUT2D eigenvalue weighted by Gasteiger charge is -1.96. The Morgan fingerprint density at radius 3 is 1.42 bits per heavy atom. The van der Waals surface area contributed by atoms with E-state index in [1.54, 1.807) is 0 Å². The lowest BCUT2D eigenvalue weighted by molar-refractivity contribution is -0.0406. The van der Waals surface area contributed by atoms with E-state index in [1.165, 1.54) is 0 Å². The molecule has 12 heavy (non-hydrogen) atoms. The normalized spacial score (nSPS) is 10.0. The fraction of sp³-hybridized carbons (Fsp3) is 1.00. The van der Waals surface area contributed by atoms with Crippen LogP contribution < -0.4 is 0 Å². The number of hydrogen-bond acceptors (Lipinski definition) is 5. The van der Waals surface area contributed by atoms with Gasteiger partial charge in [-0.3, -0.25) is 0 Å². The lowest BCUT2D eigenvalue weighted by Crippen LogP contribution is -2.15. The first-order valence-corrected chi connectivity index (χ1v) is 3.93. The van der Waals surface area contributed by atoms with E-state index < -0.39 is 12.4 Å². The number of aliphatic hydroxyl groups excluding tert-OH is 4. The first-order chi connectivity index (χ1) is 5.58. The minimum absolute atomic E-state index is 0.252. The van der Waals surface area contributed by atoms with E-state index in [-0.39, 0.29) is 19.6 Å². The second-order valence-corrected chi connectivity index (χ2v) is 2.36. The molecule has 5 nitrogen and oxygen atoms in total. The molecule has 0 saturated carbocycles. The van der Waals surface area contributed by atoms with E-state index in [0.29, 0.717) is 5.88 Å². The number of alkyl halides is 1. The molecule has 6 heteroatoms. The smallest absolute Gasteiger partial charge is 0.152 e. The highest BCUT2D eigenvalue weighted by Gasteiger charge is 1.93. The highest BCUT2D eigenvalue weighted by atomic mass is 35.5. The number of halogens is 1. The molecular formula is C6H15ClO5. The summed E-state index contributed by atoms with van der Waals surface area (Å²) in [7, 11) is 0. The van der Waals surface area contributed by atoms with Crippen LogP contribution in [0.3, 0.4) is 0 Å². The molecule has 0 aliphatic heterocycles. The summed E-state index contributed by atoms with van der Waals surface area (Å²) in [6, 6.07) is 0. The van der Waals surface area contributed by atoms with Crippen molar-refractivity contribution in [3.8, 4) is 0 Å². The van der Waals surface area contributed by atoms with Gasteiger partial charge in [-0.2, -0.15) is 0 Å². The molecule has 0 spiro atoms. The number of hydrogen-bond donors (Lipinski definition) is 5. The maximum Gasteiger partial charge on any atom is 0.152 e. The lowest BCUT2D eigenvalue weighted by atomic mass is 10.4. The third-order valence-corrected chi connectivity index (χ3v) is 1.01. The molecular weight excluding hydrogens is 188 g/mol. The summed E-state index contributed by atoms with van der Waals surface area (Å²) < 4.78 is 0. The molecule has 0 atom stereocenters. The molecule has 0 heterocycles. The van der Waals surface area contributed by atoms with Crippen LogP contribution in [-0.2, 0) is 0 Å². The van der Waals surface area contributed by atoms with Crippen molar-refractivity contribution in [1.29, 1.82) is 0 Å². The average molecular weight is 203 g/mol. The van der Waals surface area contributed by atoms with Crippen LogP contribution in [0.25, 0.3) is 0 Å². The van der Waals surface area contributed by atoms with Crippen molar-refractivity contribution in [1.82, 2.24) is 0 Å². The Hall–Kier alpha value is 0.0900. The summed E-state index contributed by atoms with van der Waals surface area (Å²) in [6.45, 7) is -0.729. The van der Waals surface area contributed by atoms with Gasteiger partial charge in [0, 0.05) is 12.3 Å². The molecule has 0 aromatic carbocycles. The molecule has 0 radical (unpaired) electrons. The molecule has 0 fully saturated rings. The predicted octanol–water partition coefficient (Wildman–Crippen LogP) is -1.74. The fourth-order valence-electron chi connectivity index (χ4n) is 0.155. The second-order valence-electron chi connectivity index (χ2n) is 1.98. The maximum atomic E-state index is 8.17. The predicted molar refractivity (Wildman–Crippen MR) is 43.7 cm³/mol. The Balaban J connectivity index is 0. The van der Waals surface area contributed by atoms with Crippen molar-refractivity contribution in [3.63, 3.8) is 0 Å². The summed E-state index contributed by atoms with van der Waals surface area (Å²) in [5, 5.41) is 40.1.